The zero-order valence-corrected chi connectivity index (χ0v) is 23.4. The molecule has 1 saturated heterocycles. The molecule has 1 fully saturated rings. The van der Waals surface area contributed by atoms with Gasteiger partial charge >= 0.3 is 11.9 Å². The van der Waals surface area contributed by atoms with Crippen molar-refractivity contribution in [2.45, 2.75) is 39.2 Å². The highest BCUT2D eigenvalue weighted by atomic mass is 16.6. The molecule has 208 valence electrons. The van der Waals surface area contributed by atoms with Crippen LogP contribution < -0.4 is 0 Å². The van der Waals surface area contributed by atoms with Crippen molar-refractivity contribution in [1.29, 1.82) is 0 Å². The summed E-state index contributed by atoms with van der Waals surface area (Å²) in [7, 11) is 0. The van der Waals surface area contributed by atoms with Crippen molar-refractivity contribution < 1.29 is 28.6 Å². The van der Waals surface area contributed by atoms with Gasteiger partial charge in [0, 0.05) is 34.9 Å². The van der Waals surface area contributed by atoms with Crippen molar-refractivity contribution in [3.8, 4) is 11.8 Å². The van der Waals surface area contributed by atoms with Gasteiger partial charge in [-0.05, 0) is 68.8 Å². The number of fused-ring (bicyclic) bond motifs is 1. The zero-order valence-electron chi connectivity index (χ0n) is 23.4. The topological polar surface area (TPSA) is 86.0 Å². The number of carbonyl (C=O) groups is 2. The average molecular weight is 549 g/mol. The third-order valence-electron chi connectivity index (χ3n) is 7.12. The van der Waals surface area contributed by atoms with Crippen LogP contribution in [0.15, 0.2) is 88.9 Å². The van der Waals surface area contributed by atoms with Crippen LogP contribution in [-0.4, -0.2) is 35.9 Å². The Bertz CT molecular complexity index is 1660. The van der Waals surface area contributed by atoms with E-state index in [-0.39, 0.29) is 13.0 Å². The molecule has 0 spiro atoms. The van der Waals surface area contributed by atoms with Gasteiger partial charge in [0.05, 0.1) is 12.0 Å². The second kappa shape index (κ2) is 11.5. The molecular weight excluding hydrogens is 516 g/mol. The predicted molar refractivity (Wildman–Crippen MR) is 157 cm³/mol. The number of aliphatic hydroxyl groups excluding tert-OH is 1. The number of esters is 2. The van der Waals surface area contributed by atoms with E-state index < -0.39 is 29.6 Å². The standard InChI is InChI=1S/C35H32O6/c1-24-9-11-25(12-10-24)13-14-27-15-16-31-28(17-27)19-30(40-31)21-34(2,3)33(38)39-23-35(22-36)20-29(32(37)41-35)18-26-7-5-4-6-8-26/h4-12,15-19,36H,20-23H2,1-3H3/b29-18+/t35-/m1/s1. The third-order valence-corrected chi connectivity index (χ3v) is 7.12. The third kappa shape index (κ3) is 6.59. The van der Waals surface area contributed by atoms with Crippen LogP contribution in [-0.2, 0) is 25.5 Å². The highest BCUT2D eigenvalue weighted by Gasteiger charge is 2.45. The van der Waals surface area contributed by atoms with Crippen molar-refractivity contribution in [2.24, 2.45) is 5.41 Å². The van der Waals surface area contributed by atoms with Crippen LogP contribution in [0, 0.1) is 24.2 Å². The van der Waals surface area contributed by atoms with Crippen LogP contribution in [0.1, 0.15) is 48.3 Å². The van der Waals surface area contributed by atoms with E-state index in [0.29, 0.717) is 23.3 Å². The van der Waals surface area contributed by atoms with Crippen LogP contribution in [0.3, 0.4) is 0 Å². The van der Waals surface area contributed by atoms with E-state index in [9.17, 15) is 14.7 Å². The summed E-state index contributed by atoms with van der Waals surface area (Å²) < 4.78 is 17.1. The first-order valence-electron chi connectivity index (χ1n) is 13.5. The summed E-state index contributed by atoms with van der Waals surface area (Å²) in [6.07, 6.45) is 2.17. The lowest BCUT2D eigenvalue weighted by atomic mass is 9.88. The number of hydrogen-bond acceptors (Lipinski definition) is 6. The molecule has 6 heteroatoms. The Kier molecular flexibility index (Phi) is 7.83. The normalized spacial score (nSPS) is 17.8. The number of rotatable bonds is 7. The molecule has 3 aromatic carbocycles. The maximum Gasteiger partial charge on any atom is 0.334 e. The van der Waals surface area contributed by atoms with Gasteiger partial charge in [-0.3, -0.25) is 4.79 Å². The van der Waals surface area contributed by atoms with Crippen LogP contribution in [0.25, 0.3) is 17.0 Å². The largest absolute Gasteiger partial charge is 0.461 e. The summed E-state index contributed by atoms with van der Waals surface area (Å²) in [5.41, 5.74) is 2.75. The Balaban J connectivity index is 1.23. The number of benzene rings is 3. The maximum atomic E-state index is 13.1. The highest BCUT2D eigenvalue weighted by molar-refractivity contribution is 5.96. The van der Waals surface area contributed by atoms with Crippen molar-refractivity contribution in [3.05, 3.63) is 112 Å². The number of carbonyl (C=O) groups excluding carboxylic acids is 2. The minimum Gasteiger partial charge on any atom is -0.461 e. The van der Waals surface area contributed by atoms with Gasteiger partial charge in [-0.25, -0.2) is 4.79 Å². The lowest BCUT2D eigenvalue weighted by molar-refractivity contribution is -0.172. The molecule has 1 aliphatic rings. The van der Waals surface area contributed by atoms with E-state index in [2.05, 4.69) is 11.8 Å². The van der Waals surface area contributed by atoms with E-state index in [4.69, 9.17) is 13.9 Å². The molecule has 1 aromatic heterocycles. The Morgan fingerprint density at radius 2 is 1.73 bits per heavy atom. The van der Waals surface area contributed by atoms with Gasteiger partial charge in [0.2, 0.25) is 0 Å². The fraction of sp³-hybridized carbons (Fsp3) is 0.257. The number of ether oxygens (including phenoxy) is 2. The number of cyclic esters (lactones) is 1. The van der Waals surface area contributed by atoms with Crippen LogP contribution in [0.2, 0.25) is 0 Å². The molecule has 0 aliphatic carbocycles. The molecule has 5 rings (SSSR count). The summed E-state index contributed by atoms with van der Waals surface area (Å²) in [4.78, 5) is 25.6. The Morgan fingerprint density at radius 3 is 2.46 bits per heavy atom. The van der Waals surface area contributed by atoms with Gasteiger partial charge in [-0.15, -0.1) is 0 Å². The first-order chi connectivity index (χ1) is 19.6. The monoisotopic (exact) mass is 548 g/mol. The molecule has 1 aliphatic heterocycles. The van der Waals surface area contributed by atoms with E-state index in [1.807, 2.05) is 85.8 Å². The van der Waals surface area contributed by atoms with E-state index >= 15 is 0 Å². The highest BCUT2D eigenvalue weighted by Crippen LogP contribution is 2.34. The van der Waals surface area contributed by atoms with Gasteiger partial charge in [0.1, 0.15) is 18.0 Å². The summed E-state index contributed by atoms with van der Waals surface area (Å²) in [6, 6.07) is 25.1. The van der Waals surface area contributed by atoms with Gasteiger partial charge in [0.25, 0.3) is 0 Å². The molecule has 1 N–H and O–H groups in total. The van der Waals surface area contributed by atoms with Crippen molar-refractivity contribution in [1.82, 2.24) is 0 Å². The van der Waals surface area contributed by atoms with E-state index in [0.717, 1.165) is 22.1 Å². The fourth-order valence-electron chi connectivity index (χ4n) is 4.74. The molecule has 0 saturated carbocycles. The van der Waals surface area contributed by atoms with Gasteiger partial charge in [-0.2, -0.15) is 0 Å². The number of furan rings is 1. The Labute approximate surface area is 239 Å². The zero-order chi connectivity index (χ0) is 29.0. The molecule has 0 bridgehead atoms. The summed E-state index contributed by atoms with van der Waals surface area (Å²) in [6.45, 7) is 4.88. The van der Waals surface area contributed by atoms with Crippen LogP contribution >= 0.6 is 0 Å². The minimum absolute atomic E-state index is 0.143. The van der Waals surface area contributed by atoms with Crippen molar-refractivity contribution in [3.63, 3.8) is 0 Å². The van der Waals surface area contributed by atoms with Gasteiger partial charge in [0.15, 0.2) is 5.60 Å². The molecule has 0 amide bonds. The second-order valence-corrected chi connectivity index (χ2v) is 11.2. The molecule has 2 heterocycles. The Morgan fingerprint density at radius 1 is 1.02 bits per heavy atom. The number of hydrogen-bond donors (Lipinski definition) is 1. The number of aliphatic hydroxyl groups is 1. The quantitative estimate of drug-likeness (QED) is 0.173. The molecule has 4 aromatic rings. The maximum absolute atomic E-state index is 13.1. The number of aryl methyl sites for hydroxylation is 1. The molecular formula is C35H32O6. The molecule has 0 unspecified atom stereocenters. The fourth-order valence-corrected chi connectivity index (χ4v) is 4.74. The molecule has 0 radical (unpaired) electrons. The average Bonchev–Trinajstić information content (AvgIpc) is 3.50. The SMILES string of the molecule is Cc1ccc(C#Cc2ccc3oc(CC(C)(C)C(=O)OC[C@]4(CO)C/C(=C\c5ccccc5)C(=O)O4)cc3c2)cc1. The summed E-state index contributed by atoms with van der Waals surface area (Å²) in [5.74, 6) is 6.01. The first-order valence-corrected chi connectivity index (χ1v) is 13.5. The molecule has 6 nitrogen and oxygen atoms in total. The molecule has 1 atom stereocenters. The van der Waals surface area contributed by atoms with Gasteiger partial charge in [-0.1, -0.05) is 59.9 Å². The Hall–Kier alpha value is -4.60. The van der Waals surface area contributed by atoms with Crippen LogP contribution in [0.4, 0.5) is 0 Å². The van der Waals surface area contributed by atoms with Gasteiger partial charge < -0.3 is 19.0 Å². The van der Waals surface area contributed by atoms with Crippen molar-refractivity contribution >= 4 is 29.0 Å². The van der Waals surface area contributed by atoms with Crippen LogP contribution in [0.5, 0.6) is 0 Å². The lowest BCUT2D eigenvalue weighted by Crippen LogP contribution is -2.41. The second-order valence-electron chi connectivity index (χ2n) is 11.2. The lowest BCUT2D eigenvalue weighted by Gasteiger charge is -2.27. The van der Waals surface area contributed by atoms with Crippen molar-refractivity contribution in [2.75, 3.05) is 13.2 Å². The summed E-state index contributed by atoms with van der Waals surface area (Å²) in [5, 5.41) is 11.0. The smallest absolute Gasteiger partial charge is 0.334 e. The predicted octanol–water partition coefficient (Wildman–Crippen LogP) is 6.01. The minimum atomic E-state index is -1.31. The van der Waals surface area contributed by atoms with E-state index in [1.165, 1.54) is 5.56 Å². The summed E-state index contributed by atoms with van der Waals surface area (Å²) >= 11 is 0. The van der Waals surface area contributed by atoms with E-state index in [1.54, 1.807) is 19.9 Å². The molecule has 41 heavy (non-hydrogen) atoms. The first kappa shape index (κ1) is 27.9.